The fourth-order valence-corrected chi connectivity index (χ4v) is 2.71. The van der Waals surface area contributed by atoms with Gasteiger partial charge in [0.1, 0.15) is 0 Å². The SMILES string of the molecule is CN(CCc1ccncc1)C(=O)CCNc1cccc2cccnc12. The summed E-state index contributed by atoms with van der Waals surface area (Å²) in [6.07, 6.45) is 6.63. The molecule has 2 heterocycles. The number of rotatable bonds is 7. The highest BCUT2D eigenvalue weighted by atomic mass is 16.2. The third-order valence-corrected chi connectivity index (χ3v) is 4.20. The van der Waals surface area contributed by atoms with E-state index in [-0.39, 0.29) is 5.91 Å². The van der Waals surface area contributed by atoms with Crippen LogP contribution >= 0.6 is 0 Å². The van der Waals surface area contributed by atoms with Crippen molar-refractivity contribution in [3.05, 3.63) is 66.6 Å². The van der Waals surface area contributed by atoms with Gasteiger partial charge in [-0.1, -0.05) is 18.2 Å². The summed E-state index contributed by atoms with van der Waals surface area (Å²) in [4.78, 5) is 22.5. The Labute approximate surface area is 147 Å². The van der Waals surface area contributed by atoms with Crippen molar-refractivity contribution < 1.29 is 4.79 Å². The van der Waals surface area contributed by atoms with E-state index in [1.54, 1.807) is 23.5 Å². The van der Waals surface area contributed by atoms with E-state index in [2.05, 4.69) is 15.3 Å². The van der Waals surface area contributed by atoms with Crippen LogP contribution in [0, 0.1) is 0 Å². The number of nitrogens with one attached hydrogen (secondary N) is 1. The van der Waals surface area contributed by atoms with Gasteiger partial charge < -0.3 is 10.2 Å². The molecule has 0 saturated heterocycles. The summed E-state index contributed by atoms with van der Waals surface area (Å²) in [5, 5.41) is 4.42. The van der Waals surface area contributed by atoms with Gasteiger partial charge in [0.2, 0.25) is 5.91 Å². The van der Waals surface area contributed by atoms with Crippen molar-refractivity contribution in [3.8, 4) is 0 Å². The maximum atomic E-state index is 12.3. The average molecular weight is 334 g/mol. The number of fused-ring (bicyclic) bond motifs is 1. The quantitative estimate of drug-likeness (QED) is 0.721. The number of pyridine rings is 2. The molecular formula is C20H22N4O. The number of nitrogens with zero attached hydrogens (tertiary/aromatic N) is 3. The highest BCUT2D eigenvalue weighted by molar-refractivity contribution is 5.90. The monoisotopic (exact) mass is 334 g/mol. The first-order chi connectivity index (χ1) is 12.2. The normalized spacial score (nSPS) is 10.6. The van der Waals surface area contributed by atoms with Gasteiger partial charge in [-0.3, -0.25) is 14.8 Å². The molecule has 3 aromatic rings. The third kappa shape index (κ3) is 4.53. The van der Waals surface area contributed by atoms with Crippen LogP contribution in [0.2, 0.25) is 0 Å². The highest BCUT2D eigenvalue weighted by Crippen LogP contribution is 2.20. The second-order valence-corrected chi connectivity index (χ2v) is 5.98. The number of carbonyl (C=O) groups excluding carboxylic acids is 1. The van der Waals surface area contributed by atoms with Crippen LogP contribution in [0.15, 0.2) is 61.1 Å². The molecule has 0 saturated carbocycles. The van der Waals surface area contributed by atoms with E-state index in [9.17, 15) is 4.79 Å². The van der Waals surface area contributed by atoms with Crippen LogP contribution in [0.25, 0.3) is 10.9 Å². The van der Waals surface area contributed by atoms with Crippen molar-refractivity contribution in [1.82, 2.24) is 14.9 Å². The van der Waals surface area contributed by atoms with Crippen molar-refractivity contribution in [1.29, 1.82) is 0 Å². The molecule has 25 heavy (non-hydrogen) atoms. The van der Waals surface area contributed by atoms with Crippen molar-refractivity contribution in [3.63, 3.8) is 0 Å². The van der Waals surface area contributed by atoms with Gasteiger partial charge in [0.05, 0.1) is 11.2 Å². The summed E-state index contributed by atoms with van der Waals surface area (Å²) in [5.41, 5.74) is 3.09. The number of likely N-dealkylation sites (N-methyl/N-ethyl adjacent to an activating group) is 1. The van der Waals surface area contributed by atoms with E-state index in [0.29, 0.717) is 19.5 Å². The molecule has 0 radical (unpaired) electrons. The molecule has 0 aliphatic rings. The highest BCUT2D eigenvalue weighted by Gasteiger charge is 2.09. The zero-order valence-electron chi connectivity index (χ0n) is 14.4. The summed E-state index contributed by atoms with van der Waals surface area (Å²) in [6.45, 7) is 1.30. The minimum absolute atomic E-state index is 0.134. The molecule has 0 aliphatic heterocycles. The van der Waals surface area contributed by atoms with Crippen molar-refractivity contribution in [2.45, 2.75) is 12.8 Å². The summed E-state index contributed by atoms with van der Waals surface area (Å²) in [5.74, 6) is 0.134. The lowest BCUT2D eigenvalue weighted by molar-refractivity contribution is -0.129. The third-order valence-electron chi connectivity index (χ3n) is 4.20. The molecule has 1 amide bonds. The minimum Gasteiger partial charge on any atom is -0.383 e. The molecular weight excluding hydrogens is 312 g/mol. The van der Waals surface area contributed by atoms with Crippen LogP contribution in [0.4, 0.5) is 5.69 Å². The Balaban J connectivity index is 1.48. The van der Waals surface area contributed by atoms with Crippen LogP contribution in [-0.4, -0.2) is 40.9 Å². The van der Waals surface area contributed by atoms with E-state index in [0.717, 1.165) is 23.0 Å². The summed E-state index contributed by atoms with van der Waals surface area (Å²) < 4.78 is 0. The van der Waals surface area contributed by atoms with Crippen LogP contribution in [-0.2, 0) is 11.2 Å². The molecule has 5 heteroatoms. The summed E-state index contributed by atoms with van der Waals surface area (Å²) >= 11 is 0. The Morgan fingerprint density at radius 2 is 1.88 bits per heavy atom. The molecule has 0 fully saturated rings. The van der Waals surface area contributed by atoms with Crippen molar-refractivity contribution in [2.75, 3.05) is 25.5 Å². The molecule has 3 rings (SSSR count). The topological polar surface area (TPSA) is 58.1 Å². The van der Waals surface area contributed by atoms with Gasteiger partial charge >= 0.3 is 0 Å². The van der Waals surface area contributed by atoms with Gasteiger partial charge in [-0.25, -0.2) is 0 Å². The first-order valence-corrected chi connectivity index (χ1v) is 8.44. The zero-order valence-corrected chi connectivity index (χ0v) is 14.4. The predicted octanol–water partition coefficient (Wildman–Crippen LogP) is 3.13. The molecule has 0 spiro atoms. The van der Waals surface area contributed by atoms with Gasteiger partial charge in [-0.15, -0.1) is 0 Å². The van der Waals surface area contributed by atoms with Gasteiger partial charge in [0.25, 0.3) is 0 Å². The number of benzene rings is 1. The molecule has 2 aromatic heterocycles. The average Bonchev–Trinajstić information content (AvgIpc) is 2.67. The first kappa shape index (κ1) is 16.9. The maximum absolute atomic E-state index is 12.3. The lowest BCUT2D eigenvalue weighted by atomic mass is 10.2. The Kier molecular flexibility index (Phi) is 5.57. The molecule has 0 atom stereocenters. The number of hydrogen-bond donors (Lipinski definition) is 1. The van der Waals surface area contributed by atoms with Crippen molar-refractivity contribution in [2.24, 2.45) is 0 Å². The van der Waals surface area contributed by atoms with Gasteiger partial charge in [0.15, 0.2) is 0 Å². The van der Waals surface area contributed by atoms with Crippen LogP contribution in [0.3, 0.4) is 0 Å². The number of amides is 1. The fraction of sp³-hybridized carbons (Fsp3) is 0.250. The smallest absolute Gasteiger partial charge is 0.224 e. The largest absolute Gasteiger partial charge is 0.383 e. The van der Waals surface area contributed by atoms with E-state index in [1.165, 1.54) is 5.56 Å². The van der Waals surface area contributed by atoms with Crippen LogP contribution < -0.4 is 5.32 Å². The second kappa shape index (κ2) is 8.24. The molecule has 1 aromatic carbocycles. The number of carbonyl (C=O) groups is 1. The lowest BCUT2D eigenvalue weighted by Crippen LogP contribution is -2.30. The Hall–Kier alpha value is -2.95. The Morgan fingerprint density at radius 1 is 1.08 bits per heavy atom. The molecule has 5 nitrogen and oxygen atoms in total. The number of aromatic nitrogens is 2. The Bertz CT molecular complexity index is 830. The second-order valence-electron chi connectivity index (χ2n) is 5.98. The molecule has 0 unspecified atom stereocenters. The zero-order chi connectivity index (χ0) is 17.5. The van der Waals surface area contributed by atoms with Gasteiger partial charge in [0, 0.05) is 50.5 Å². The standard InChI is InChI=1S/C20H22N4O/c1-24(15-10-16-7-12-21-13-8-16)19(25)9-14-22-18-6-2-4-17-5-3-11-23-20(17)18/h2-8,11-13,22H,9-10,14-15H2,1H3. The van der Waals surface area contributed by atoms with E-state index >= 15 is 0 Å². The predicted molar refractivity (Wildman–Crippen MR) is 100 cm³/mol. The minimum atomic E-state index is 0.134. The molecule has 0 bridgehead atoms. The van der Waals surface area contributed by atoms with E-state index < -0.39 is 0 Å². The van der Waals surface area contributed by atoms with Crippen LogP contribution in [0.1, 0.15) is 12.0 Å². The number of anilines is 1. The van der Waals surface area contributed by atoms with Crippen LogP contribution in [0.5, 0.6) is 0 Å². The summed E-state index contributed by atoms with van der Waals surface area (Å²) in [7, 11) is 1.85. The first-order valence-electron chi connectivity index (χ1n) is 8.44. The van der Waals surface area contributed by atoms with E-state index in [4.69, 9.17) is 0 Å². The van der Waals surface area contributed by atoms with E-state index in [1.807, 2.05) is 49.5 Å². The molecule has 128 valence electrons. The van der Waals surface area contributed by atoms with Crippen molar-refractivity contribution >= 4 is 22.5 Å². The Morgan fingerprint density at radius 3 is 2.72 bits per heavy atom. The molecule has 0 aliphatic carbocycles. The fourth-order valence-electron chi connectivity index (χ4n) is 2.71. The van der Waals surface area contributed by atoms with Gasteiger partial charge in [-0.2, -0.15) is 0 Å². The van der Waals surface area contributed by atoms with Gasteiger partial charge in [-0.05, 0) is 36.2 Å². The summed E-state index contributed by atoms with van der Waals surface area (Å²) in [6, 6.07) is 13.9. The lowest BCUT2D eigenvalue weighted by Gasteiger charge is -2.17. The number of hydrogen-bond acceptors (Lipinski definition) is 4. The number of para-hydroxylation sites is 1. The maximum Gasteiger partial charge on any atom is 0.224 e. The molecule has 1 N–H and O–H groups in total.